The summed E-state index contributed by atoms with van der Waals surface area (Å²) in [6, 6.07) is 66.4. The van der Waals surface area contributed by atoms with Crippen molar-refractivity contribution >= 4 is 27.8 Å². The molecule has 1 saturated carbocycles. The molecule has 0 unspecified atom stereocenters. The molecule has 8 aromatic carbocycles. The Morgan fingerprint density at radius 2 is 1.07 bits per heavy atom. The monoisotopic (exact) mass is 777 g/mol. The SMILES string of the molecule is CC(C)(C)c1ccc(-c2ccccc2N(c2cccc(-c3cccc4c3C(C)(C)c3ccccc3-4)c2)c2ccccc2-c2cccc3cccc(C4CCCCC4)c23)cc1. The predicted octanol–water partition coefficient (Wildman–Crippen LogP) is 17.0. The lowest BCUT2D eigenvalue weighted by molar-refractivity contribution is 0.445. The van der Waals surface area contributed by atoms with E-state index in [0.717, 1.165) is 11.4 Å². The van der Waals surface area contributed by atoms with Gasteiger partial charge in [-0.05, 0) is 115 Å². The van der Waals surface area contributed by atoms with Crippen molar-refractivity contribution in [3.8, 4) is 44.5 Å². The summed E-state index contributed by atoms with van der Waals surface area (Å²) in [6.45, 7) is 11.6. The Morgan fingerprint density at radius 3 is 1.82 bits per heavy atom. The van der Waals surface area contributed by atoms with Crippen molar-refractivity contribution in [1.29, 1.82) is 0 Å². The van der Waals surface area contributed by atoms with Crippen LogP contribution in [0.1, 0.15) is 94.9 Å². The largest absolute Gasteiger partial charge is 0.309 e. The Morgan fingerprint density at radius 1 is 0.483 bits per heavy atom. The molecular formula is C59H55N. The fourth-order valence-corrected chi connectivity index (χ4v) is 10.6. The Kier molecular flexibility index (Phi) is 9.60. The van der Waals surface area contributed by atoms with E-state index >= 15 is 0 Å². The number of benzene rings is 8. The first-order valence-corrected chi connectivity index (χ1v) is 22.1. The van der Waals surface area contributed by atoms with E-state index in [1.165, 1.54) is 115 Å². The zero-order valence-electron chi connectivity index (χ0n) is 35.8. The minimum atomic E-state index is -0.124. The molecule has 1 heteroatoms. The standard InChI is InChI=1S/C59H55N/c1-58(2,3)44-37-35-41(36-38-44)46-25-10-13-33-54(46)60(45-24-15-23-43(39-45)48-29-18-31-52-49-26-9-12-32-53(49)59(4,5)57(48)52)55-34-14-11-27-50(55)51-30-17-22-42-21-16-28-47(56(42)51)40-19-7-6-8-20-40/h9-18,21-40H,6-8,19-20H2,1-5H3. The Bertz CT molecular complexity index is 2860. The maximum absolute atomic E-state index is 2.54. The summed E-state index contributed by atoms with van der Waals surface area (Å²) in [5.74, 6) is 0.586. The zero-order valence-corrected chi connectivity index (χ0v) is 35.8. The van der Waals surface area contributed by atoms with Crippen molar-refractivity contribution in [2.24, 2.45) is 0 Å². The van der Waals surface area contributed by atoms with E-state index in [4.69, 9.17) is 0 Å². The molecule has 0 heterocycles. The second-order valence-electron chi connectivity index (χ2n) is 18.7. The number of para-hydroxylation sites is 2. The lowest BCUT2D eigenvalue weighted by atomic mass is 9.79. The molecule has 8 aromatic rings. The molecule has 0 amide bonds. The minimum Gasteiger partial charge on any atom is -0.309 e. The summed E-state index contributed by atoms with van der Waals surface area (Å²) in [5.41, 5.74) is 19.2. The van der Waals surface area contributed by atoms with Gasteiger partial charge in [-0.2, -0.15) is 0 Å². The van der Waals surface area contributed by atoms with E-state index in [0.29, 0.717) is 5.92 Å². The summed E-state index contributed by atoms with van der Waals surface area (Å²) >= 11 is 0. The highest BCUT2D eigenvalue weighted by molar-refractivity contribution is 6.04. The maximum atomic E-state index is 2.54. The summed E-state index contributed by atoms with van der Waals surface area (Å²) in [5, 5.41) is 2.72. The van der Waals surface area contributed by atoms with Gasteiger partial charge in [-0.25, -0.2) is 0 Å². The van der Waals surface area contributed by atoms with Gasteiger partial charge in [-0.15, -0.1) is 0 Å². The van der Waals surface area contributed by atoms with Crippen LogP contribution in [-0.4, -0.2) is 0 Å². The van der Waals surface area contributed by atoms with Crippen LogP contribution >= 0.6 is 0 Å². The van der Waals surface area contributed by atoms with Crippen molar-refractivity contribution in [3.63, 3.8) is 0 Å². The van der Waals surface area contributed by atoms with Crippen molar-refractivity contribution in [1.82, 2.24) is 0 Å². The Hall–Kier alpha value is -6.18. The van der Waals surface area contributed by atoms with Gasteiger partial charge in [0.2, 0.25) is 0 Å². The summed E-state index contributed by atoms with van der Waals surface area (Å²) in [6.07, 6.45) is 6.50. The fourth-order valence-electron chi connectivity index (χ4n) is 10.6. The van der Waals surface area contributed by atoms with E-state index in [1.807, 2.05) is 0 Å². The van der Waals surface area contributed by atoms with Gasteiger partial charge in [-0.3, -0.25) is 0 Å². The highest BCUT2D eigenvalue weighted by Gasteiger charge is 2.37. The van der Waals surface area contributed by atoms with Crippen LogP contribution in [0.25, 0.3) is 55.3 Å². The molecule has 296 valence electrons. The average molecular weight is 778 g/mol. The molecule has 60 heavy (non-hydrogen) atoms. The van der Waals surface area contributed by atoms with Gasteiger partial charge in [0.05, 0.1) is 11.4 Å². The Labute approximate surface area is 357 Å². The normalized spacial score (nSPS) is 14.8. The molecule has 2 aliphatic rings. The van der Waals surface area contributed by atoms with Gasteiger partial charge in [-0.1, -0.05) is 206 Å². The van der Waals surface area contributed by atoms with Crippen LogP contribution in [0, 0.1) is 0 Å². The van der Waals surface area contributed by atoms with E-state index in [-0.39, 0.29) is 10.8 Å². The molecule has 1 nitrogen and oxygen atoms in total. The van der Waals surface area contributed by atoms with E-state index < -0.39 is 0 Å². The van der Waals surface area contributed by atoms with Gasteiger partial charge >= 0.3 is 0 Å². The predicted molar refractivity (Wildman–Crippen MR) is 257 cm³/mol. The number of hydrogen-bond donors (Lipinski definition) is 0. The molecule has 0 bridgehead atoms. The Balaban J connectivity index is 1.20. The lowest BCUT2D eigenvalue weighted by Crippen LogP contribution is -2.16. The van der Waals surface area contributed by atoms with Crippen LogP contribution in [0.5, 0.6) is 0 Å². The third kappa shape index (κ3) is 6.56. The second kappa shape index (κ2) is 15.1. The molecule has 0 spiro atoms. The number of hydrogen-bond acceptors (Lipinski definition) is 1. The van der Waals surface area contributed by atoms with Crippen LogP contribution in [-0.2, 0) is 10.8 Å². The number of rotatable bonds is 7. The molecule has 0 atom stereocenters. The molecule has 0 N–H and O–H groups in total. The van der Waals surface area contributed by atoms with Gasteiger partial charge in [0, 0.05) is 22.2 Å². The topological polar surface area (TPSA) is 3.24 Å². The first-order chi connectivity index (χ1) is 29.2. The number of nitrogens with zero attached hydrogens (tertiary/aromatic N) is 1. The summed E-state index contributed by atoms with van der Waals surface area (Å²) < 4.78 is 0. The molecule has 1 fully saturated rings. The van der Waals surface area contributed by atoms with Crippen molar-refractivity contribution in [2.75, 3.05) is 4.90 Å². The highest BCUT2D eigenvalue weighted by atomic mass is 15.1. The number of fused-ring (bicyclic) bond motifs is 4. The zero-order chi connectivity index (χ0) is 41.0. The van der Waals surface area contributed by atoms with E-state index in [1.54, 1.807) is 0 Å². The first kappa shape index (κ1) is 38.0. The van der Waals surface area contributed by atoms with Crippen LogP contribution < -0.4 is 4.90 Å². The quantitative estimate of drug-likeness (QED) is 0.156. The lowest BCUT2D eigenvalue weighted by Gasteiger charge is -2.31. The second-order valence-corrected chi connectivity index (χ2v) is 18.7. The smallest absolute Gasteiger partial charge is 0.0540 e. The van der Waals surface area contributed by atoms with E-state index in [9.17, 15) is 0 Å². The maximum Gasteiger partial charge on any atom is 0.0540 e. The average Bonchev–Trinajstić information content (AvgIpc) is 3.52. The van der Waals surface area contributed by atoms with Crippen LogP contribution in [0.4, 0.5) is 17.1 Å². The number of anilines is 3. The van der Waals surface area contributed by atoms with Crippen molar-refractivity contribution in [3.05, 3.63) is 198 Å². The summed E-state index contributed by atoms with van der Waals surface area (Å²) in [4.78, 5) is 2.54. The summed E-state index contributed by atoms with van der Waals surface area (Å²) in [7, 11) is 0. The van der Waals surface area contributed by atoms with Gasteiger partial charge in [0.15, 0.2) is 0 Å². The van der Waals surface area contributed by atoms with E-state index in [2.05, 4.69) is 215 Å². The molecule has 10 rings (SSSR count). The molecule has 0 radical (unpaired) electrons. The highest BCUT2D eigenvalue weighted by Crippen LogP contribution is 2.53. The van der Waals surface area contributed by atoms with Crippen LogP contribution in [0.3, 0.4) is 0 Å². The van der Waals surface area contributed by atoms with Crippen molar-refractivity contribution in [2.45, 2.75) is 83.5 Å². The molecule has 0 aliphatic heterocycles. The fraction of sp³-hybridized carbons (Fsp3) is 0.220. The third-order valence-electron chi connectivity index (χ3n) is 13.6. The molecule has 0 saturated heterocycles. The minimum absolute atomic E-state index is 0.0753. The molecule has 0 aromatic heterocycles. The van der Waals surface area contributed by atoms with Gasteiger partial charge in [0.25, 0.3) is 0 Å². The third-order valence-corrected chi connectivity index (χ3v) is 13.6. The van der Waals surface area contributed by atoms with Crippen LogP contribution in [0.2, 0.25) is 0 Å². The molecular weight excluding hydrogens is 723 g/mol. The first-order valence-electron chi connectivity index (χ1n) is 22.1. The van der Waals surface area contributed by atoms with Gasteiger partial charge < -0.3 is 4.90 Å². The van der Waals surface area contributed by atoms with Crippen molar-refractivity contribution < 1.29 is 0 Å². The molecule has 2 aliphatic carbocycles. The van der Waals surface area contributed by atoms with Gasteiger partial charge in [0.1, 0.15) is 0 Å². The van der Waals surface area contributed by atoms with Crippen LogP contribution in [0.15, 0.2) is 176 Å².